The van der Waals surface area contributed by atoms with Crippen molar-refractivity contribution in [3.05, 3.63) is 0 Å². The van der Waals surface area contributed by atoms with E-state index in [9.17, 15) is 9.59 Å². The van der Waals surface area contributed by atoms with Gasteiger partial charge in [0.2, 0.25) is 11.8 Å². The lowest BCUT2D eigenvalue weighted by atomic mass is 10.1. The molecule has 122 valence electrons. The standard InChI is InChI=1S/C14H26N4O2.ClH/c1-11(19)17-5-7-18(8-6-17)14(20)10-16(2)13(9-15)12-3-4-12;/h12-13H,3-10,15H2,1-2H3;1H. The molecule has 0 aromatic carbocycles. The Kier molecular flexibility index (Phi) is 6.90. The third-order valence-corrected chi connectivity index (χ3v) is 4.44. The summed E-state index contributed by atoms with van der Waals surface area (Å²) in [6.45, 7) is 5.20. The number of nitrogens with zero attached hydrogens (tertiary/aromatic N) is 3. The predicted octanol–water partition coefficient (Wildman–Crippen LogP) is -0.232. The number of carbonyl (C=O) groups excluding carboxylic acids is 2. The van der Waals surface area contributed by atoms with Gasteiger partial charge in [0.1, 0.15) is 0 Å². The van der Waals surface area contributed by atoms with Crippen molar-refractivity contribution in [3.8, 4) is 0 Å². The minimum absolute atomic E-state index is 0. The van der Waals surface area contributed by atoms with Crippen LogP contribution in [-0.4, -0.2) is 78.9 Å². The van der Waals surface area contributed by atoms with Crippen LogP contribution in [0.25, 0.3) is 0 Å². The molecule has 1 aliphatic carbocycles. The first-order valence-electron chi connectivity index (χ1n) is 7.46. The summed E-state index contributed by atoms with van der Waals surface area (Å²) in [5.74, 6) is 0.910. The van der Waals surface area contributed by atoms with Gasteiger partial charge in [-0.05, 0) is 25.8 Å². The first kappa shape index (κ1) is 18.2. The predicted molar refractivity (Wildman–Crippen MR) is 84.3 cm³/mol. The molecule has 21 heavy (non-hydrogen) atoms. The zero-order chi connectivity index (χ0) is 14.7. The van der Waals surface area contributed by atoms with E-state index in [2.05, 4.69) is 4.90 Å². The number of likely N-dealkylation sites (N-methyl/N-ethyl adjacent to an activating group) is 1. The Balaban J connectivity index is 0.00000220. The second-order valence-electron chi connectivity index (χ2n) is 5.94. The van der Waals surface area contributed by atoms with E-state index in [4.69, 9.17) is 5.73 Å². The van der Waals surface area contributed by atoms with E-state index < -0.39 is 0 Å². The highest BCUT2D eigenvalue weighted by Gasteiger charge is 2.34. The summed E-state index contributed by atoms with van der Waals surface area (Å²) in [5, 5.41) is 0. The molecule has 1 aliphatic heterocycles. The summed E-state index contributed by atoms with van der Waals surface area (Å²) in [6.07, 6.45) is 2.47. The van der Waals surface area contributed by atoms with Crippen molar-refractivity contribution in [2.24, 2.45) is 11.7 Å². The fourth-order valence-electron chi connectivity index (χ4n) is 2.91. The summed E-state index contributed by atoms with van der Waals surface area (Å²) in [7, 11) is 1.99. The first-order valence-corrected chi connectivity index (χ1v) is 7.46. The van der Waals surface area contributed by atoms with Crippen LogP contribution >= 0.6 is 12.4 Å². The smallest absolute Gasteiger partial charge is 0.236 e. The molecular formula is C14H27ClN4O2. The van der Waals surface area contributed by atoms with Crippen molar-refractivity contribution in [2.75, 3.05) is 46.3 Å². The van der Waals surface area contributed by atoms with Crippen molar-refractivity contribution >= 4 is 24.2 Å². The molecule has 0 bridgehead atoms. The van der Waals surface area contributed by atoms with Crippen molar-refractivity contribution in [3.63, 3.8) is 0 Å². The van der Waals surface area contributed by atoms with Gasteiger partial charge in [-0.25, -0.2) is 0 Å². The molecule has 0 spiro atoms. The minimum Gasteiger partial charge on any atom is -0.339 e. The second-order valence-corrected chi connectivity index (χ2v) is 5.94. The quantitative estimate of drug-likeness (QED) is 0.760. The average Bonchev–Trinajstić information content (AvgIpc) is 3.24. The third-order valence-electron chi connectivity index (χ3n) is 4.44. The fraction of sp³-hybridized carbons (Fsp3) is 0.857. The Morgan fingerprint density at radius 1 is 1.19 bits per heavy atom. The molecule has 1 heterocycles. The highest BCUT2D eigenvalue weighted by molar-refractivity contribution is 5.85. The van der Waals surface area contributed by atoms with E-state index in [1.54, 1.807) is 11.8 Å². The first-order chi connectivity index (χ1) is 9.52. The van der Waals surface area contributed by atoms with Gasteiger partial charge in [-0.2, -0.15) is 0 Å². The van der Waals surface area contributed by atoms with E-state index in [1.165, 1.54) is 12.8 Å². The van der Waals surface area contributed by atoms with E-state index in [0.717, 1.165) is 0 Å². The number of hydrogen-bond acceptors (Lipinski definition) is 4. The molecule has 2 aliphatic rings. The highest BCUT2D eigenvalue weighted by atomic mass is 35.5. The lowest BCUT2D eigenvalue weighted by molar-refractivity contribution is -0.139. The van der Waals surface area contributed by atoms with E-state index >= 15 is 0 Å². The summed E-state index contributed by atoms with van der Waals surface area (Å²) in [6, 6.07) is 0.331. The maximum atomic E-state index is 12.3. The highest BCUT2D eigenvalue weighted by Crippen LogP contribution is 2.34. The van der Waals surface area contributed by atoms with Gasteiger partial charge in [0.05, 0.1) is 6.54 Å². The normalized spacial score (nSPS) is 20.2. The van der Waals surface area contributed by atoms with Crippen LogP contribution < -0.4 is 5.73 Å². The van der Waals surface area contributed by atoms with Crippen LogP contribution in [0.2, 0.25) is 0 Å². The number of amides is 2. The summed E-state index contributed by atoms with van der Waals surface area (Å²) in [5.41, 5.74) is 5.81. The van der Waals surface area contributed by atoms with Gasteiger partial charge < -0.3 is 15.5 Å². The van der Waals surface area contributed by atoms with Gasteiger partial charge in [-0.3, -0.25) is 14.5 Å². The Morgan fingerprint density at radius 3 is 2.14 bits per heavy atom. The third kappa shape index (κ3) is 4.83. The molecule has 0 aromatic heterocycles. The number of nitrogens with two attached hydrogens (primary N) is 1. The van der Waals surface area contributed by atoms with E-state index in [-0.39, 0.29) is 24.2 Å². The van der Waals surface area contributed by atoms with Crippen LogP contribution in [0, 0.1) is 5.92 Å². The van der Waals surface area contributed by atoms with Crippen LogP contribution in [0.5, 0.6) is 0 Å². The number of carbonyl (C=O) groups is 2. The van der Waals surface area contributed by atoms with Crippen LogP contribution in [-0.2, 0) is 9.59 Å². The van der Waals surface area contributed by atoms with Gasteiger partial charge in [-0.1, -0.05) is 0 Å². The molecule has 2 N–H and O–H groups in total. The molecule has 6 nitrogen and oxygen atoms in total. The topological polar surface area (TPSA) is 69.9 Å². The number of rotatable bonds is 5. The Bertz CT molecular complexity index is 368. The zero-order valence-electron chi connectivity index (χ0n) is 13.0. The Hall–Kier alpha value is -0.850. The zero-order valence-corrected chi connectivity index (χ0v) is 13.8. The molecule has 1 saturated heterocycles. The van der Waals surface area contributed by atoms with Crippen molar-refractivity contribution in [1.82, 2.24) is 14.7 Å². The largest absolute Gasteiger partial charge is 0.339 e. The second kappa shape index (κ2) is 7.96. The summed E-state index contributed by atoms with van der Waals surface area (Å²) < 4.78 is 0. The number of halogens is 1. The molecule has 0 radical (unpaired) electrons. The van der Waals surface area contributed by atoms with Crippen LogP contribution in [0.4, 0.5) is 0 Å². The Labute approximate surface area is 133 Å². The van der Waals surface area contributed by atoms with Crippen LogP contribution in [0.3, 0.4) is 0 Å². The molecule has 1 atom stereocenters. The van der Waals surface area contributed by atoms with Gasteiger partial charge >= 0.3 is 0 Å². The number of hydrogen-bond donors (Lipinski definition) is 1. The lowest BCUT2D eigenvalue weighted by Crippen LogP contribution is -2.53. The van der Waals surface area contributed by atoms with Gasteiger partial charge in [0, 0.05) is 45.7 Å². The molecule has 2 rings (SSSR count). The monoisotopic (exact) mass is 318 g/mol. The molecule has 1 unspecified atom stereocenters. The van der Waals surface area contributed by atoms with Gasteiger partial charge in [-0.15, -0.1) is 12.4 Å². The maximum Gasteiger partial charge on any atom is 0.236 e. The molecule has 7 heteroatoms. The summed E-state index contributed by atoms with van der Waals surface area (Å²) >= 11 is 0. The SMILES string of the molecule is CC(=O)N1CCN(C(=O)CN(C)C(CN)C2CC2)CC1.Cl. The molecule has 0 aromatic rings. The number of piperazine rings is 1. The van der Waals surface area contributed by atoms with Gasteiger partial charge in [0.25, 0.3) is 0 Å². The lowest BCUT2D eigenvalue weighted by Gasteiger charge is -2.36. The van der Waals surface area contributed by atoms with Crippen LogP contribution in [0.1, 0.15) is 19.8 Å². The molecular weight excluding hydrogens is 292 g/mol. The minimum atomic E-state index is 0. The maximum absolute atomic E-state index is 12.3. The van der Waals surface area contributed by atoms with E-state index in [0.29, 0.717) is 51.2 Å². The van der Waals surface area contributed by atoms with Crippen molar-refractivity contribution in [2.45, 2.75) is 25.8 Å². The van der Waals surface area contributed by atoms with Crippen LogP contribution in [0.15, 0.2) is 0 Å². The van der Waals surface area contributed by atoms with Crippen molar-refractivity contribution in [1.29, 1.82) is 0 Å². The van der Waals surface area contributed by atoms with Gasteiger partial charge in [0.15, 0.2) is 0 Å². The Morgan fingerprint density at radius 2 is 1.71 bits per heavy atom. The average molecular weight is 319 g/mol. The summed E-state index contributed by atoms with van der Waals surface area (Å²) in [4.78, 5) is 29.3. The molecule has 1 saturated carbocycles. The molecule has 2 fully saturated rings. The van der Waals surface area contributed by atoms with E-state index in [1.807, 2.05) is 11.9 Å². The fourth-order valence-corrected chi connectivity index (χ4v) is 2.91. The van der Waals surface area contributed by atoms with Crippen molar-refractivity contribution < 1.29 is 9.59 Å². The molecule has 2 amide bonds.